The fraction of sp³-hybridized carbons (Fsp3) is 0.286. The van der Waals surface area contributed by atoms with Crippen molar-refractivity contribution >= 4 is 10.8 Å². The van der Waals surface area contributed by atoms with Crippen molar-refractivity contribution in [3.63, 3.8) is 0 Å². The topological polar surface area (TPSA) is 24.1 Å². The third kappa shape index (κ3) is 1.70. The van der Waals surface area contributed by atoms with Gasteiger partial charge in [-0.05, 0) is 16.3 Å². The molecule has 16 heavy (non-hydrogen) atoms. The predicted octanol–water partition coefficient (Wildman–Crippen LogP) is 2.07. The summed E-state index contributed by atoms with van der Waals surface area (Å²) >= 11 is 0. The van der Waals surface area contributed by atoms with Gasteiger partial charge in [0, 0.05) is 25.7 Å². The van der Waals surface area contributed by atoms with Gasteiger partial charge in [-0.2, -0.15) is 0 Å². The van der Waals surface area contributed by atoms with Gasteiger partial charge in [0.05, 0.1) is 0 Å². The van der Waals surface area contributed by atoms with E-state index in [4.69, 9.17) is 0 Å². The standard InChI is InChI=1S/C14H16N2/c1-2-6-12-11(4-1)5-3-7-13(12)14-10-15-8-9-16-14/h1-7,14-16H,8-10H2. The van der Waals surface area contributed by atoms with Crippen LogP contribution in [0, 0.1) is 0 Å². The Morgan fingerprint density at radius 3 is 2.69 bits per heavy atom. The molecule has 82 valence electrons. The minimum Gasteiger partial charge on any atom is -0.314 e. The summed E-state index contributed by atoms with van der Waals surface area (Å²) in [6.07, 6.45) is 0. The van der Waals surface area contributed by atoms with Gasteiger partial charge in [0.15, 0.2) is 0 Å². The van der Waals surface area contributed by atoms with Crippen molar-refractivity contribution in [3.05, 3.63) is 48.0 Å². The van der Waals surface area contributed by atoms with E-state index in [0.717, 1.165) is 19.6 Å². The summed E-state index contributed by atoms with van der Waals surface area (Å²) in [5, 5.41) is 9.69. The van der Waals surface area contributed by atoms with Gasteiger partial charge in [0.1, 0.15) is 0 Å². The van der Waals surface area contributed by atoms with Crippen molar-refractivity contribution in [1.29, 1.82) is 0 Å². The van der Waals surface area contributed by atoms with Crippen molar-refractivity contribution in [2.75, 3.05) is 19.6 Å². The van der Waals surface area contributed by atoms with Gasteiger partial charge in [0.2, 0.25) is 0 Å². The lowest BCUT2D eigenvalue weighted by Gasteiger charge is -2.26. The van der Waals surface area contributed by atoms with E-state index >= 15 is 0 Å². The minimum atomic E-state index is 0.444. The third-order valence-electron chi connectivity index (χ3n) is 3.24. The molecule has 1 saturated heterocycles. The normalized spacial score (nSPS) is 21.1. The number of nitrogens with one attached hydrogen (secondary N) is 2. The van der Waals surface area contributed by atoms with Crippen molar-refractivity contribution in [1.82, 2.24) is 10.6 Å². The summed E-state index contributed by atoms with van der Waals surface area (Å²) in [4.78, 5) is 0. The Kier molecular flexibility index (Phi) is 2.60. The second-order valence-electron chi connectivity index (χ2n) is 4.28. The Morgan fingerprint density at radius 1 is 0.938 bits per heavy atom. The fourth-order valence-electron chi connectivity index (χ4n) is 2.43. The van der Waals surface area contributed by atoms with Gasteiger partial charge in [-0.1, -0.05) is 42.5 Å². The van der Waals surface area contributed by atoms with Gasteiger partial charge in [-0.3, -0.25) is 0 Å². The SMILES string of the molecule is c1ccc2c(C3CNCCN3)cccc2c1. The lowest BCUT2D eigenvalue weighted by Crippen LogP contribution is -2.42. The lowest BCUT2D eigenvalue weighted by molar-refractivity contribution is 0.432. The van der Waals surface area contributed by atoms with Crippen molar-refractivity contribution in [2.24, 2.45) is 0 Å². The smallest absolute Gasteiger partial charge is 0.0453 e. The van der Waals surface area contributed by atoms with Crippen LogP contribution in [0.25, 0.3) is 10.8 Å². The van der Waals surface area contributed by atoms with Crippen LogP contribution in [0.3, 0.4) is 0 Å². The van der Waals surface area contributed by atoms with Crippen LogP contribution in [0.2, 0.25) is 0 Å². The molecule has 1 aliphatic heterocycles. The molecule has 1 heterocycles. The molecule has 2 aromatic rings. The molecular weight excluding hydrogens is 196 g/mol. The molecule has 3 rings (SSSR count). The van der Waals surface area contributed by atoms with Crippen molar-refractivity contribution in [2.45, 2.75) is 6.04 Å². The quantitative estimate of drug-likeness (QED) is 0.756. The van der Waals surface area contributed by atoms with Gasteiger partial charge in [0.25, 0.3) is 0 Å². The average molecular weight is 212 g/mol. The summed E-state index contributed by atoms with van der Waals surface area (Å²) in [5.41, 5.74) is 1.41. The monoisotopic (exact) mass is 212 g/mol. The van der Waals surface area contributed by atoms with E-state index in [2.05, 4.69) is 53.1 Å². The Morgan fingerprint density at radius 2 is 1.81 bits per heavy atom. The van der Waals surface area contributed by atoms with Crippen LogP contribution in [0.15, 0.2) is 42.5 Å². The lowest BCUT2D eigenvalue weighted by atomic mass is 9.98. The van der Waals surface area contributed by atoms with Crippen LogP contribution in [0.5, 0.6) is 0 Å². The highest BCUT2D eigenvalue weighted by Crippen LogP contribution is 2.24. The second kappa shape index (κ2) is 4.24. The number of benzene rings is 2. The summed E-state index contributed by atoms with van der Waals surface area (Å²) < 4.78 is 0. The minimum absolute atomic E-state index is 0.444. The maximum Gasteiger partial charge on any atom is 0.0453 e. The highest BCUT2D eigenvalue weighted by atomic mass is 15.1. The van der Waals surface area contributed by atoms with Gasteiger partial charge >= 0.3 is 0 Å². The van der Waals surface area contributed by atoms with E-state index in [-0.39, 0.29) is 0 Å². The molecule has 0 radical (unpaired) electrons. The fourth-order valence-corrected chi connectivity index (χ4v) is 2.43. The molecule has 1 fully saturated rings. The molecular formula is C14H16N2. The van der Waals surface area contributed by atoms with E-state index < -0.39 is 0 Å². The number of piperazine rings is 1. The van der Waals surface area contributed by atoms with Crippen LogP contribution in [-0.4, -0.2) is 19.6 Å². The average Bonchev–Trinajstić information content (AvgIpc) is 2.39. The largest absolute Gasteiger partial charge is 0.314 e. The van der Waals surface area contributed by atoms with E-state index in [1.807, 2.05) is 0 Å². The first-order valence-electron chi connectivity index (χ1n) is 5.87. The summed E-state index contributed by atoms with van der Waals surface area (Å²) in [6, 6.07) is 15.6. The summed E-state index contributed by atoms with van der Waals surface area (Å²) in [5.74, 6) is 0. The van der Waals surface area contributed by atoms with E-state index in [1.165, 1.54) is 16.3 Å². The number of fused-ring (bicyclic) bond motifs is 1. The number of hydrogen-bond donors (Lipinski definition) is 2. The van der Waals surface area contributed by atoms with E-state index in [1.54, 1.807) is 0 Å². The molecule has 0 saturated carbocycles. The molecule has 1 unspecified atom stereocenters. The van der Waals surface area contributed by atoms with Crippen molar-refractivity contribution in [3.8, 4) is 0 Å². The zero-order valence-corrected chi connectivity index (χ0v) is 9.24. The molecule has 1 aliphatic rings. The Balaban J connectivity index is 2.08. The first kappa shape index (κ1) is 9.82. The van der Waals surface area contributed by atoms with E-state index in [0.29, 0.717) is 6.04 Å². The van der Waals surface area contributed by atoms with Gasteiger partial charge in [-0.25, -0.2) is 0 Å². The highest BCUT2D eigenvalue weighted by Gasteiger charge is 2.15. The van der Waals surface area contributed by atoms with Crippen LogP contribution in [0.1, 0.15) is 11.6 Å². The zero-order chi connectivity index (χ0) is 10.8. The molecule has 1 atom stereocenters. The van der Waals surface area contributed by atoms with Gasteiger partial charge in [-0.15, -0.1) is 0 Å². The highest BCUT2D eigenvalue weighted by molar-refractivity contribution is 5.86. The second-order valence-corrected chi connectivity index (χ2v) is 4.28. The van der Waals surface area contributed by atoms with Gasteiger partial charge < -0.3 is 10.6 Å². The van der Waals surface area contributed by atoms with Crippen LogP contribution in [0.4, 0.5) is 0 Å². The van der Waals surface area contributed by atoms with Crippen LogP contribution < -0.4 is 10.6 Å². The first-order chi connectivity index (χ1) is 7.95. The van der Waals surface area contributed by atoms with E-state index in [9.17, 15) is 0 Å². The molecule has 0 bridgehead atoms. The Bertz CT molecular complexity index is 482. The molecule has 0 aromatic heterocycles. The summed E-state index contributed by atoms with van der Waals surface area (Å²) in [7, 11) is 0. The molecule has 2 N–H and O–H groups in total. The molecule has 0 amide bonds. The van der Waals surface area contributed by atoms with Crippen LogP contribution in [-0.2, 0) is 0 Å². The third-order valence-corrected chi connectivity index (χ3v) is 3.24. The maximum absolute atomic E-state index is 3.57. The Hall–Kier alpha value is -1.38. The maximum atomic E-state index is 3.57. The summed E-state index contributed by atoms with van der Waals surface area (Å²) in [6.45, 7) is 3.14. The number of hydrogen-bond acceptors (Lipinski definition) is 2. The van der Waals surface area contributed by atoms with Crippen LogP contribution >= 0.6 is 0 Å². The Labute approximate surface area is 95.7 Å². The zero-order valence-electron chi connectivity index (χ0n) is 9.24. The number of rotatable bonds is 1. The first-order valence-corrected chi connectivity index (χ1v) is 5.87. The molecule has 0 spiro atoms. The molecule has 2 aromatic carbocycles. The molecule has 0 aliphatic carbocycles. The molecule has 2 heteroatoms. The van der Waals surface area contributed by atoms with Crippen molar-refractivity contribution < 1.29 is 0 Å². The predicted molar refractivity (Wildman–Crippen MR) is 67.6 cm³/mol. The molecule has 2 nitrogen and oxygen atoms in total.